The summed E-state index contributed by atoms with van der Waals surface area (Å²) >= 11 is 0. The second kappa shape index (κ2) is 6.87. The van der Waals surface area contributed by atoms with Crippen molar-refractivity contribution in [3.8, 4) is 5.75 Å². The third-order valence-corrected chi connectivity index (χ3v) is 3.66. The third-order valence-electron chi connectivity index (χ3n) is 3.66. The van der Waals surface area contributed by atoms with E-state index in [0.717, 1.165) is 17.7 Å². The summed E-state index contributed by atoms with van der Waals surface area (Å²) in [5, 5.41) is 8.37. The number of aldehydes is 1. The molecule has 0 N–H and O–H groups in total. The molecule has 1 aromatic heterocycles. The van der Waals surface area contributed by atoms with Crippen LogP contribution in [0.15, 0.2) is 54.6 Å². The van der Waals surface area contributed by atoms with Gasteiger partial charge in [0.2, 0.25) is 0 Å². The van der Waals surface area contributed by atoms with Crippen LogP contribution in [0.3, 0.4) is 0 Å². The Morgan fingerprint density at radius 3 is 2.61 bits per heavy atom. The van der Waals surface area contributed by atoms with Gasteiger partial charge in [-0.05, 0) is 24.6 Å². The first kappa shape index (κ1) is 15.0. The molecule has 5 heteroatoms. The fourth-order valence-electron chi connectivity index (χ4n) is 2.29. The summed E-state index contributed by atoms with van der Waals surface area (Å²) < 4.78 is 7.56. The molecular formula is C18H17N3O2. The Kier molecular flexibility index (Phi) is 4.47. The maximum Gasteiger partial charge on any atom is 0.153 e. The normalized spacial score (nSPS) is 10.5. The van der Waals surface area contributed by atoms with Crippen molar-refractivity contribution in [1.29, 1.82) is 0 Å². The van der Waals surface area contributed by atoms with Gasteiger partial charge < -0.3 is 4.74 Å². The summed E-state index contributed by atoms with van der Waals surface area (Å²) in [6, 6.07) is 17.2. The van der Waals surface area contributed by atoms with Crippen LogP contribution in [0.1, 0.15) is 27.3 Å². The van der Waals surface area contributed by atoms with Crippen molar-refractivity contribution in [2.45, 2.75) is 20.1 Å². The Bertz CT molecular complexity index is 797. The number of para-hydroxylation sites is 1. The molecule has 0 bridgehead atoms. The van der Waals surface area contributed by atoms with E-state index in [4.69, 9.17) is 4.74 Å². The van der Waals surface area contributed by atoms with Gasteiger partial charge in [-0.15, -0.1) is 5.10 Å². The molecule has 0 saturated carbocycles. The van der Waals surface area contributed by atoms with Crippen molar-refractivity contribution in [3.05, 3.63) is 77.1 Å². The second-order valence-electron chi connectivity index (χ2n) is 5.21. The van der Waals surface area contributed by atoms with E-state index in [9.17, 15) is 4.79 Å². The molecule has 0 aliphatic carbocycles. The summed E-state index contributed by atoms with van der Waals surface area (Å²) in [5.74, 6) is 0.555. The number of nitrogens with zero attached hydrogens (tertiary/aromatic N) is 3. The van der Waals surface area contributed by atoms with Crippen LogP contribution < -0.4 is 4.74 Å². The first-order chi connectivity index (χ1) is 11.3. The van der Waals surface area contributed by atoms with Gasteiger partial charge in [-0.1, -0.05) is 47.7 Å². The van der Waals surface area contributed by atoms with Crippen LogP contribution >= 0.6 is 0 Å². The number of hydrogen-bond donors (Lipinski definition) is 0. The lowest BCUT2D eigenvalue weighted by molar-refractivity contribution is 0.111. The average molecular weight is 307 g/mol. The highest BCUT2D eigenvalue weighted by atomic mass is 16.5. The summed E-state index contributed by atoms with van der Waals surface area (Å²) in [4.78, 5) is 11.0. The molecule has 0 radical (unpaired) electrons. The number of ether oxygens (including phenoxy) is 1. The predicted octanol–water partition coefficient (Wildman–Crippen LogP) is 3.03. The van der Waals surface area contributed by atoms with Crippen molar-refractivity contribution in [1.82, 2.24) is 15.0 Å². The molecule has 3 aromatic rings. The third kappa shape index (κ3) is 3.45. The van der Waals surface area contributed by atoms with Gasteiger partial charge in [0.15, 0.2) is 6.29 Å². The SMILES string of the molecule is Cc1c(COc2ccccc2C=O)nnn1Cc1ccccc1. The molecule has 2 aromatic carbocycles. The maximum atomic E-state index is 11.0. The number of carbonyl (C=O) groups excluding carboxylic acids is 1. The van der Waals surface area contributed by atoms with Gasteiger partial charge in [0, 0.05) is 0 Å². The molecule has 1 heterocycles. The minimum absolute atomic E-state index is 0.283. The lowest BCUT2D eigenvalue weighted by Gasteiger charge is -2.07. The van der Waals surface area contributed by atoms with E-state index in [0.29, 0.717) is 17.9 Å². The number of hydrogen-bond acceptors (Lipinski definition) is 4. The molecular weight excluding hydrogens is 290 g/mol. The number of aromatic nitrogens is 3. The fraction of sp³-hybridized carbons (Fsp3) is 0.167. The van der Waals surface area contributed by atoms with E-state index in [1.807, 2.05) is 35.9 Å². The first-order valence-corrected chi connectivity index (χ1v) is 7.38. The fourth-order valence-corrected chi connectivity index (χ4v) is 2.29. The molecule has 0 aliphatic rings. The largest absolute Gasteiger partial charge is 0.486 e. The van der Waals surface area contributed by atoms with E-state index < -0.39 is 0 Å². The molecule has 0 aliphatic heterocycles. The zero-order valence-corrected chi connectivity index (χ0v) is 12.8. The number of carbonyl (C=O) groups is 1. The van der Waals surface area contributed by atoms with Crippen molar-refractivity contribution in [2.75, 3.05) is 0 Å². The van der Waals surface area contributed by atoms with Gasteiger partial charge in [0.1, 0.15) is 18.1 Å². The maximum absolute atomic E-state index is 11.0. The second-order valence-corrected chi connectivity index (χ2v) is 5.21. The average Bonchev–Trinajstić information content (AvgIpc) is 2.94. The Hall–Kier alpha value is -2.95. The summed E-state index contributed by atoms with van der Waals surface area (Å²) in [7, 11) is 0. The Morgan fingerprint density at radius 1 is 1.09 bits per heavy atom. The summed E-state index contributed by atoms with van der Waals surface area (Å²) in [6.45, 7) is 2.92. The van der Waals surface area contributed by atoms with E-state index in [1.54, 1.807) is 18.2 Å². The van der Waals surface area contributed by atoms with Crippen LogP contribution in [0.4, 0.5) is 0 Å². The zero-order chi connectivity index (χ0) is 16.1. The summed E-state index contributed by atoms with van der Waals surface area (Å²) in [6.07, 6.45) is 0.786. The van der Waals surface area contributed by atoms with E-state index >= 15 is 0 Å². The molecule has 3 rings (SSSR count). The van der Waals surface area contributed by atoms with Gasteiger partial charge >= 0.3 is 0 Å². The van der Waals surface area contributed by atoms with Gasteiger partial charge in [-0.2, -0.15) is 0 Å². The molecule has 0 amide bonds. The highest BCUT2D eigenvalue weighted by Crippen LogP contribution is 2.18. The topological polar surface area (TPSA) is 57.0 Å². The van der Waals surface area contributed by atoms with Crippen molar-refractivity contribution in [2.24, 2.45) is 0 Å². The highest BCUT2D eigenvalue weighted by molar-refractivity contribution is 5.79. The Labute approximate surface area is 134 Å². The van der Waals surface area contributed by atoms with Crippen molar-refractivity contribution < 1.29 is 9.53 Å². The van der Waals surface area contributed by atoms with Gasteiger partial charge in [-0.3, -0.25) is 4.79 Å². The molecule has 0 spiro atoms. The molecule has 23 heavy (non-hydrogen) atoms. The minimum atomic E-state index is 0.283. The zero-order valence-electron chi connectivity index (χ0n) is 12.8. The number of rotatable bonds is 6. The van der Waals surface area contributed by atoms with Crippen molar-refractivity contribution in [3.63, 3.8) is 0 Å². The summed E-state index contributed by atoms with van der Waals surface area (Å²) in [5.41, 5.74) is 3.42. The van der Waals surface area contributed by atoms with Gasteiger partial charge in [0.25, 0.3) is 0 Å². The van der Waals surface area contributed by atoms with Crippen LogP contribution in [0.25, 0.3) is 0 Å². The Balaban J connectivity index is 1.71. The van der Waals surface area contributed by atoms with Gasteiger partial charge in [0.05, 0.1) is 17.8 Å². The molecule has 116 valence electrons. The van der Waals surface area contributed by atoms with E-state index in [-0.39, 0.29) is 6.61 Å². The monoisotopic (exact) mass is 307 g/mol. The van der Waals surface area contributed by atoms with Crippen LogP contribution in [-0.4, -0.2) is 21.3 Å². The van der Waals surface area contributed by atoms with Crippen molar-refractivity contribution >= 4 is 6.29 Å². The quantitative estimate of drug-likeness (QED) is 0.657. The van der Waals surface area contributed by atoms with Gasteiger partial charge in [-0.25, -0.2) is 4.68 Å². The van der Waals surface area contributed by atoms with Crippen LogP contribution in [0, 0.1) is 6.92 Å². The van der Waals surface area contributed by atoms with Crippen LogP contribution in [0.2, 0.25) is 0 Å². The highest BCUT2D eigenvalue weighted by Gasteiger charge is 2.10. The standard InChI is InChI=1S/C18H17N3O2/c1-14-17(13-23-18-10-6-5-9-16(18)12-22)19-20-21(14)11-15-7-3-2-4-8-15/h2-10,12H,11,13H2,1H3. The van der Waals surface area contributed by atoms with E-state index in [1.165, 1.54) is 5.56 Å². The lowest BCUT2D eigenvalue weighted by atomic mass is 10.2. The minimum Gasteiger partial charge on any atom is -0.486 e. The van der Waals surface area contributed by atoms with Crippen LogP contribution in [0.5, 0.6) is 5.75 Å². The molecule has 0 unspecified atom stereocenters. The van der Waals surface area contributed by atoms with E-state index in [2.05, 4.69) is 22.4 Å². The van der Waals surface area contributed by atoms with Crippen LogP contribution in [-0.2, 0) is 13.2 Å². The molecule has 0 atom stereocenters. The molecule has 0 saturated heterocycles. The Morgan fingerprint density at radius 2 is 1.83 bits per heavy atom. The lowest BCUT2D eigenvalue weighted by Crippen LogP contribution is -2.05. The molecule has 0 fully saturated rings. The molecule has 5 nitrogen and oxygen atoms in total. The first-order valence-electron chi connectivity index (χ1n) is 7.38. The predicted molar refractivity (Wildman–Crippen MR) is 86.5 cm³/mol. The smallest absolute Gasteiger partial charge is 0.153 e. The number of benzene rings is 2.